The van der Waals surface area contributed by atoms with Gasteiger partial charge in [-0.1, -0.05) is 38.1 Å². The second-order valence-corrected chi connectivity index (χ2v) is 6.42. The van der Waals surface area contributed by atoms with Crippen LogP contribution in [0.15, 0.2) is 40.9 Å². The highest BCUT2D eigenvalue weighted by Crippen LogP contribution is 2.28. The van der Waals surface area contributed by atoms with Gasteiger partial charge in [0.2, 0.25) is 0 Å². The Morgan fingerprint density at radius 2 is 1.83 bits per heavy atom. The van der Waals surface area contributed by atoms with Gasteiger partial charge < -0.3 is 9.47 Å². The Labute approximate surface area is 152 Å². The Balaban J connectivity index is 2.23. The van der Waals surface area contributed by atoms with Crippen LogP contribution in [0.25, 0.3) is 0 Å². The van der Waals surface area contributed by atoms with Crippen molar-refractivity contribution in [2.45, 2.75) is 39.7 Å². The first-order valence-electron chi connectivity index (χ1n) is 8.16. The quantitative estimate of drug-likeness (QED) is 0.632. The number of halogens is 1. The van der Waals surface area contributed by atoms with Crippen molar-refractivity contribution >= 4 is 21.9 Å². The molecule has 0 unspecified atom stereocenters. The van der Waals surface area contributed by atoms with Crippen LogP contribution in [0.2, 0.25) is 0 Å². The van der Waals surface area contributed by atoms with Crippen LogP contribution < -0.4 is 4.74 Å². The molecular weight excluding hydrogens is 368 g/mol. The number of aryl methyl sites for hydroxylation is 2. The largest absolute Gasteiger partial charge is 0.488 e. The van der Waals surface area contributed by atoms with Gasteiger partial charge in [-0.2, -0.15) is 0 Å². The van der Waals surface area contributed by atoms with Crippen LogP contribution in [0.4, 0.5) is 0 Å². The topological polar surface area (TPSA) is 35.5 Å². The van der Waals surface area contributed by atoms with Gasteiger partial charge >= 0.3 is 5.97 Å². The molecule has 2 aromatic carbocycles. The summed E-state index contributed by atoms with van der Waals surface area (Å²) < 4.78 is 11.8. The Morgan fingerprint density at radius 1 is 1.08 bits per heavy atom. The second-order valence-electron chi connectivity index (χ2n) is 5.57. The summed E-state index contributed by atoms with van der Waals surface area (Å²) in [6, 6.07) is 12.2. The number of hydrogen-bond donors (Lipinski definition) is 0. The fraction of sp³-hybridized carbons (Fsp3) is 0.350. The van der Waals surface area contributed by atoms with Crippen LogP contribution in [0.5, 0.6) is 5.75 Å². The van der Waals surface area contributed by atoms with Gasteiger partial charge in [0.25, 0.3) is 0 Å². The normalized spacial score (nSPS) is 10.5. The third-order valence-electron chi connectivity index (χ3n) is 4.09. The third kappa shape index (κ3) is 4.60. The minimum absolute atomic E-state index is 0.238. The molecule has 2 aromatic rings. The monoisotopic (exact) mass is 390 g/mol. The molecule has 0 aliphatic carbocycles. The van der Waals surface area contributed by atoms with Crippen LogP contribution in [0.1, 0.15) is 36.1 Å². The van der Waals surface area contributed by atoms with E-state index >= 15 is 0 Å². The standard InChI is InChI=1S/C20H23BrO3/c1-4-14-9-10-19(18(21)11-14)24-13-17-15(5-2)7-6-8-16(17)12-20(22)23-3/h6-11H,4-5,12-13H2,1-3H3. The van der Waals surface area contributed by atoms with Gasteiger partial charge in [-0.15, -0.1) is 0 Å². The fourth-order valence-corrected chi connectivity index (χ4v) is 3.17. The average Bonchev–Trinajstić information content (AvgIpc) is 2.60. The van der Waals surface area contributed by atoms with Crippen LogP contribution in [-0.2, 0) is 35.4 Å². The predicted octanol–water partition coefficient (Wildman–Crippen LogP) is 4.87. The van der Waals surface area contributed by atoms with Crippen molar-refractivity contribution < 1.29 is 14.3 Å². The van der Waals surface area contributed by atoms with E-state index in [1.807, 2.05) is 18.2 Å². The molecule has 0 atom stereocenters. The smallest absolute Gasteiger partial charge is 0.309 e. The fourth-order valence-electron chi connectivity index (χ4n) is 2.63. The minimum atomic E-state index is -0.238. The Hall–Kier alpha value is -1.81. The van der Waals surface area contributed by atoms with Gasteiger partial charge in [-0.3, -0.25) is 4.79 Å². The zero-order valence-electron chi connectivity index (χ0n) is 14.4. The van der Waals surface area contributed by atoms with Crippen molar-refractivity contribution in [1.82, 2.24) is 0 Å². The van der Waals surface area contributed by atoms with Crippen LogP contribution in [0.3, 0.4) is 0 Å². The van der Waals surface area contributed by atoms with E-state index in [-0.39, 0.29) is 12.4 Å². The minimum Gasteiger partial charge on any atom is -0.488 e. The summed E-state index contributed by atoms with van der Waals surface area (Å²) >= 11 is 3.57. The number of esters is 1. The lowest BCUT2D eigenvalue weighted by atomic mass is 9.98. The summed E-state index contributed by atoms with van der Waals surface area (Å²) in [4.78, 5) is 11.7. The number of ether oxygens (including phenoxy) is 2. The summed E-state index contributed by atoms with van der Waals surface area (Å²) in [6.45, 7) is 4.66. The molecule has 3 nitrogen and oxygen atoms in total. The number of rotatable bonds is 7. The zero-order chi connectivity index (χ0) is 17.5. The number of methoxy groups -OCH3 is 1. The van der Waals surface area contributed by atoms with Gasteiger partial charge in [0.15, 0.2) is 0 Å². The van der Waals surface area contributed by atoms with E-state index in [0.29, 0.717) is 6.61 Å². The Kier molecular flexibility index (Phi) is 6.85. The molecule has 0 bridgehead atoms. The van der Waals surface area contributed by atoms with Crippen LogP contribution in [0, 0.1) is 0 Å². The highest BCUT2D eigenvalue weighted by atomic mass is 79.9. The van der Waals surface area contributed by atoms with E-state index in [9.17, 15) is 4.79 Å². The number of hydrogen-bond acceptors (Lipinski definition) is 3. The molecule has 0 saturated carbocycles. The van der Waals surface area contributed by atoms with E-state index in [1.54, 1.807) is 0 Å². The summed E-state index contributed by atoms with van der Waals surface area (Å²) in [6.07, 6.45) is 2.14. The Bertz CT molecular complexity index is 710. The summed E-state index contributed by atoms with van der Waals surface area (Å²) in [5.41, 5.74) is 4.48. The van der Waals surface area contributed by atoms with Gasteiger partial charge in [-0.25, -0.2) is 0 Å². The molecule has 128 valence electrons. The first-order valence-corrected chi connectivity index (χ1v) is 8.96. The molecule has 0 heterocycles. The summed E-state index contributed by atoms with van der Waals surface area (Å²) in [7, 11) is 1.41. The third-order valence-corrected chi connectivity index (χ3v) is 4.71. The highest BCUT2D eigenvalue weighted by molar-refractivity contribution is 9.10. The molecule has 0 aromatic heterocycles. The van der Waals surface area contributed by atoms with Crippen molar-refractivity contribution in [1.29, 1.82) is 0 Å². The number of carbonyl (C=O) groups is 1. The Morgan fingerprint density at radius 3 is 2.46 bits per heavy atom. The summed E-state index contributed by atoms with van der Waals surface area (Å²) in [5.74, 6) is 0.570. The maximum absolute atomic E-state index is 11.7. The molecule has 24 heavy (non-hydrogen) atoms. The van der Waals surface area contributed by atoms with Crippen molar-refractivity contribution in [2.24, 2.45) is 0 Å². The molecule has 2 rings (SSSR count). The molecule has 4 heteroatoms. The molecule has 0 radical (unpaired) electrons. The van der Waals surface area contributed by atoms with E-state index in [4.69, 9.17) is 9.47 Å². The predicted molar refractivity (Wildman–Crippen MR) is 99.4 cm³/mol. The first-order chi connectivity index (χ1) is 11.6. The first kappa shape index (κ1) is 18.5. The van der Waals surface area contributed by atoms with Crippen LogP contribution in [-0.4, -0.2) is 13.1 Å². The zero-order valence-corrected chi connectivity index (χ0v) is 16.0. The van der Waals surface area contributed by atoms with Gasteiger partial charge in [0, 0.05) is 0 Å². The molecule has 0 spiro atoms. The average molecular weight is 391 g/mol. The number of benzene rings is 2. The lowest BCUT2D eigenvalue weighted by Crippen LogP contribution is -2.10. The molecule has 0 aliphatic rings. The van der Waals surface area contributed by atoms with E-state index in [2.05, 4.69) is 48.0 Å². The van der Waals surface area contributed by atoms with Crippen molar-refractivity contribution in [3.8, 4) is 5.75 Å². The molecule has 0 aliphatic heterocycles. The molecular formula is C20H23BrO3. The van der Waals surface area contributed by atoms with Crippen molar-refractivity contribution in [3.05, 3.63) is 63.1 Å². The highest BCUT2D eigenvalue weighted by Gasteiger charge is 2.13. The molecule has 0 N–H and O–H groups in total. The second kappa shape index (κ2) is 8.88. The van der Waals surface area contributed by atoms with Crippen molar-refractivity contribution in [2.75, 3.05) is 7.11 Å². The lowest BCUT2D eigenvalue weighted by Gasteiger charge is -2.15. The SMILES string of the molecule is CCc1ccc(OCc2c(CC)cccc2CC(=O)OC)c(Br)c1. The molecule has 0 amide bonds. The summed E-state index contributed by atoms with van der Waals surface area (Å²) in [5, 5.41) is 0. The van der Waals surface area contributed by atoms with E-state index in [0.717, 1.165) is 34.2 Å². The van der Waals surface area contributed by atoms with E-state index < -0.39 is 0 Å². The van der Waals surface area contributed by atoms with E-state index in [1.165, 1.54) is 18.2 Å². The maximum Gasteiger partial charge on any atom is 0.309 e. The molecule has 0 saturated heterocycles. The maximum atomic E-state index is 11.7. The number of carbonyl (C=O) groups excluding carboxylic acids is 1. The van der Waals surface area contributed by atoms with Crippen LogP contribution >= 0.6 is 15.9 Å². The van der Waals surface area contributed by atoms with Gasteiger partial charge in [-0.05, 0) is 63.2 Å². The lowest BCUT2D eigenvalue weighted by molar-refractivity contribution is -0.139. The van der Waals surface area contributed by atoms with Gasteiger partial charge in [0.1, 0.15) is 12.4 Å². The van der Waals surface area contributed by atoms with Gasteiger partial charge in [0.05, 0.1) is 18.0 Å². The van der Waals surface area contributed by atoms with Crippen molar-refractivity contribution in [3.63, 3.8) is 0 Å². The molecule has 0 fully saturated rings.